The molecule has 2 aromatic rings. The first-order chi connectivity index (χ1) is 11.4. The Bertz CT molecular complexity index is 748. The molecule has 1 heterocycles. The van der Waals surface area contributed by atoms with Crippen LogP contribution in [0.5, 0.6) is 0 Å². The highest BCUT2D eigenvalue weighted by Crippen LogP contribution is 2.17. The second-order valence-electron chi connectivity index (χ2n) is 5.14. The fourth-order valence-corrected chi connectivity index (χ4v) is 2.35. The third-order valence-corrected chi connectivity index (χ3v) is 3.95. The summed E-state index contributed by atoms with van der Waals surface area (Å²) < 4.78 is -0.0137. The molecule has 0 aliphatic carbocycles. The summed E-state index contributed by atoms with van der Waals surface area (Å²) >= 11 is 10.5. The largest absolute Gasteiger partial charge is 0.343 e. The molecule has 1 aromatic carbocycles. The average Bonchev–Trinajstić information content (AvgIpc) is 2.61. The number of aromatic nitrogens is 1. The summed E-state index contributed by atoms with van der Waals surface area (Å²) in [6.07, 6.45) is 1.71. The maximum absolute atomic E-state index is 5.91. The normalized spacial score (nSPS) is 13.7. The molecule has 2 rings (SSSR count). The van der Waals surface area contributed by atoms with Gasteiger partial charge in [0.1, 0.15) is 7.05 Å². The number of rotatable bonds is 3. The van der Waals surface area contributed by atoms with E-state index in [4.69, 9.17) is 30.2 Å². The van der Waals surface area contributed by atoms with Gasteiger partial charge in [0.25, 0.3) is 5.11 Å². The quantitative estimate of drug-likeness (QED) is 0.337. The molecule has 124 valence electrons. The maximum atomic E-state index is 5.91. The summed E-state index contributed by atoms with van der Waals surface area (Å²) in [6.45, 7) is 1.84. The highest BCUT2D eigenvalue weighted by Gasteiger charge is 2.30. The molecule has 4 N–H and O–H groups in total. The van der Waals surface area contributed by atoms with Gasteiger partial charge < -0.3 is 5.73 Å². The topological polar surface area (TPSA) is 75.3 Å². The fourth-order valence-electron chi connectivity index (χ4n) is 1.97. The number of nitrogens with zero attached hydrogens (tertiary/aromatic N) is 3. The van der Waals surface area contributed by atoms with Crippen LogP contribution in [0.15, 0.2) is 59.8 Å². The van der Waals surface area contributed by atoms with Crippen LogP contribution in [-0.2, 0) is 0 Å². The van der Waals surface area contributed by atoms with Crippen LogP contribution in [0.2, 0.25) is 0 Å². The summed E-state index contributed by atoms with van der Waals surface area (Å²) in [7, 11) is 1.82. The standard InChI is InChI=1S/C16H18N6S2/c1-12(14-10-6-7-11-18-14)19-20-16(24)21-22(2,15(17)23)13-8-4-3-5-9-13/h3-11H,1-2H3,(H3-,17,18,20,21,23,24)/p+1. The van der Waals surface area contributed by atoms with Crippen molar-refractivity contribution in [1.82, 2.24) is 20.4 Å². The Kier molecular flexibility index (Phi) is 5.91. The SMILES string of the molecule is C/C(=N\NC(=S)N[N+](C)(C(N)=S)c1ccccc1)c1ccccn1. The second-order valence-corrected chi connectivity index (χ2v) is 5.97. The fraction of sp³-hybridized carbons (Fsp3) is 0.125. The van der Waals surface area contributed by atoms with Crippen molar-refractivity contribution in [2.75, 3.05) is 7.05 Å². The van der Waals surface area contributed by atoms with Crippen LogP contribution in [-0.4, -0.2) is 28.0 Å². The minimum atomic E-state index is -0.0137. The van der Waals surface area contributed by atoms with E-state index in [1.165, 1.54) is 0 Å². The van der Waals surface area contributed by atoms with Crippen molar-refractivity contribution in [3.8, 4) is 0 Å². The smallest absolute Gasteiger partial charge is 0.297 e. The zero-order valence-corrected chi connectivity index (χ0v) is 15.1. The van der Waals surface area contributed by atoms with E-state index in [9.17, 15) is 0 Å². The Morgan fingerprint density at radius 2 is 1.79 bits per heavy atom. The number of pyridine rings is 1. The van der Waals surface area contributed by atoms with Gasteiger partial charge in [-0.1, -0.05) is 24.3 Å². The molecule has 1 unspecified atom stereocenters. The lowest BCUT2D eigenvalue weighted by Gasteiger charge is -2.31. The average molecular weight is 360 g/mol. The van der Waals surface area contributed by atoms with Gasteiger partial charge in [-0.25, -0.2) is 5.43 Å². The van der Waals surface area contributed by atoms with E-state index in [-0.39, 0.29) is 9.70 Å². The van der Waals surface area contributed by atoms with Crippen molar-refractivity contribution in [1.29, 1.82) is 0 Å². The molecule has 8 heteroatoms. The zero-order valence-electron chi connectivity index (χ0n) is 13.4. The first-order valence-electron chi connectivity index (χ1n) is 7.19. The molecular weight excluding hydrogens is 340 g/mol. The van der Waals surface area contributed by atoms with E-state index < -0.39 is 0 Å². The van der Waals surface area contributed by atoms with Crippen molar-refractivity contribution < 1.29 is 0 Å². The molecule has 24 heavy (non-hydrogen) atoms. The molecule has 1 aromatic heterocycles. The van der Waals surface area contributed by atoms with Gasteiger partial charge in [0.15, 0.2) is 5.69 Å². The van der Waals surface area contributed by atoms with Crippen molar-refractivity contribution >= 4 is 46.1 Å². The second kappa shape index (κ2) is 7.91. The summed E-state index contributed by atoms with van der Waals surface area (Å²) in [5.41, 5.74) is 14.1. The van der Waals surface area contributed by atoms with Crippen molar-refractivity contribution in [2.45, 2.75) is 6.92 Å². The zero-order chi connectivity index (χ0) is 17.6. The van der Waals surface area contributed by atoms with Gasteiger partial charge in [0.05, 0.1) is 11.4 Å². The van der Waals surface area contributed by atoms with Crippen LogP contribution in [0.1, 0.15) is 12.6 Å². The number of thiocarbonyl (C=S) groups is 2. The molecule has 0 aliphatic heterocycles. The first kappa shape index (κ1) is 17.9. The van der Waals surface area contributed by atoms with Crippen LogP contribution in [0.25, 0.3) is 0 Å². The molecule has 0 amide bonds. The van der Waals surface area contributed by atoms with Crippen LogP contribution in [0, 0.1) is 0 Å². The Hall–Kier alpha value is -2.42. The number of hydrogen-bond donors (Lipinski definition) is 3. The van der Waals surface area contributed by atoms with Gasteiger partial charge in [-0.05, 0) is 31.3 Å². The lowest BCUT2D eigenvalue weighted by molar-refractivity contribution is 0.443. The minimum absolute atomic E-state index is 0.0137. The van der Waals surface area contributed by atoms with Crippen molar-refractivity contribution in [3.63, 3.8) is 0 Å². The van der Waals surface area contributed by atoms with Crippen LogP contribution >= 0.6 is 24.4 Å². The Labute approximate surface area is 151 Å². The third-order valence-electron chi connectivity index (χ3n) is 3.40. The number of nitrogens with two attached hydrogens (primary N) is 1. The van der Waals surface area contributed by atoms with E-state index in [0.717, 1.165) is 11.4 Å². The number of para-hydroxylation sites is 1. The van der Waals surface area contributed by atoms with Gasteiger partial charge in [0.2, 0.25) is 5.11 Å². The molecule has 0 fully saturated rings. The number of hydrazone groups is 1. The molecule has 0 bridgehead atoms. The number of quaternary nitrogens is 1. The lowest BCUT2D eigenvalue weighted by Crippen LogP contribution is -2.65. The highest BCUT2D eigenvalue weighted by molar-refractivity contribution is 7.80. The molecule has 0 saturated carbocycles. The molecule has 0 saturated heterocycles. The summed E-state index contributed by atoms with van der Waals surface area (Å²) in [5, 5.41) is 4.77. The van der Waals surface area contributed by atoms with E-state index in [0.29, 0.717) is 10.8 Å². The van der Waals surface area contributed by atoms with E-state index >= 15 is 0 Å². The van der Waals surface area contributed by atoms with E-state index in [2.05, 4.69) is 20.9 Å². The van der Waals surface area contributed by atoms with E-state index in [1.807, 2.05) is 62.5 Å². The Balaban J connectivity index is 2.11. The van der Waals surface area contributed by atoms with Gasteiger partial charge in [-0.3, -0.25) is 4.98 Å². The molecular formula is C16H19N6S2+. The van der Waals surface area contributed by atoms with Gasteiger partial charge >= 0.3 is 0 Å². The number of benzene rings is 1. The summed E-state index contributed by atoms with van der Waals surface area (Å²) in [4.78, 5) is 4.23. The van der Waals surface area contributed by atoms with Crippen molar-refractivity contribution in [2.24, 2.45) is 10.8 Å². The minimum Gasteiger partial charge on any atom is -0.343 e. The Morgan fingerprint density at radius 3 is 2.38 bits per heavy atom. The molecule has 6 nitrogen and oxygen atoms in total. The predicted molar refractivity (Wildman–Crippen MR) is 106 cm³/mol. The first-order valence-corrected chi connectivity index (χ1v) is 8.01. The van der Waals surface area contributed by atoms with Crippen LogP contribution in [0.4, 0.5) is 5.69 Å². The maximum Gasteiger partial charge on any atom is 0.297 e. The molecule has 0 radical (unpaired) electrons. The molecule has 1 atom stereocenters. The van der Waals surface area contributed by atoms with Gasteiger partial charge in [-0.2, -0.15) is 10.5 Å². The van der Waals surface area contributed by atoms with Crippen molar-refractivity contribution in [3.05, 3.63) is 60.4 Å². The van der Waals surface area contributed by atoms with Crippen LogP contribution in [0.3, 0.4) is 0 Å². The number of nitrogens with one attached hydrogen (secondary N) is 2. The van der Waals surface area contributed by atoms with Gasteiger partial charge in [-0.15, -0.1) is 4.59 Å². The van der Waals surface area contributed by atoms with Crippen LogP contribution < -0.4 is 21.2 Å². The third kappa shape index (κ3) is 4.31. The summed E-state index contributed by atoms with van der Waals surface area (Å²) in [5.74, 6) is 0. The Morgan fingerprint density at radius 1 is 1.12 bits per heavy atom. The monoisotopic (exact) mass is 359 g/mol. The van der Waals surface area contributed by atoms with E-state index in [1.54, 1.807) is 6.20 Å². The van der Waals surface area contributed by atoms with Gasteiger partial charge in [0, 0.05) is 30.5 Å². The lowest BCUT2D eigenvalue weighted by atomic mass is 10.3. The molecule has 0 aliphatic rings. The summed E-state index contributed by atoms with van der Waals surface area (Å²) in [6, 6.07) is 15.2. The molecule has 0 spiro atoms. The predicted octanol–water partition coefficient (Wildman–Crippen LogP) is 2.07. The number of hydrogen-bond acceptors (Lipinski definition) is 4. The highest BCUT2D eigenvalue weighted by atomic mass is 32.1.